The summed E-state index contributed by atoms with van der Waals surface area (Å²) in [5.74, 6) is 0.154. The smallest absolute Gasteiger partial charge is 0.0485 e. The summed E-state index contributed by atoms with van der Waals surface area (Å²) in [6.07, 6.45) is 3.66. The van der Waals surface area contributed by atoms with Crippen molar-refractivity contribution in [3.63, 3.8) is 0 Å². The quantitative estimate of drug-likeness (QED) is 0.773. The van der Waals surface area contributed by atoms with Crippen molar-refractivity contribution in [3.05, 3.63) is 70.2 Å². The maximum atomic E-state index is 10.5. The molecule has 3 heteroatoms. The maximum Gasteiger partial charge on any atom is 0.0485 e. The highest BCUT2D eigenvalue weighted by atomic mass is 79.9. The number of benzene rings is 2. The van der Waals surface area contributed by atoms with E-state index in [1.807, 2.05) is 0 Å². The molecule has 2 aromatic carbocycles. The molecule has 0 aromatic heterocycles. The molecule has 1 N–H and O–H groups in total. The molecule has 1 aliphatic rings. The van der Waals surface area contributed by atoms with E-state index in [-0.39, 0.29) is 17.9 Å². The van der Waals surface area contributed by atoms with Crippen molar-refractivity contribution in [2.45, 2.75) is 37.6 Å². The fraction of sp³-hybridized carbons (Fsp3) is 0.455. The van der Waals surface area contributed by atoms with Gasteiger partial charge in [0, 0.05) is 28.5 Å². The predicted molar refractivity (Wildman–Crippen MR) is 108 cm³/mol. The van der Waals surface area contributed by atoms with Gasteiger partial charge in [0.15, 0.2) is 0 Å². The third-order valence-electron chi connectivity index (χ3n) is 6.05. The zero-order valence-corrected chi connectivity index (χ0v) is 16.7. The van der Waals surface area contributed by atoms with Crippen LogP contribution in [0.5, 0.6) is 0 Å². The number of aliphatic hydroxyl groups excluding tert-OH is 1. The van der Waals surface area contributed by atoms with Gasteiger partial charge in [0.25, 0.3) is 0 Å². The van der Waals surface area contributed by atoms with E-state index in [1.54, 1.807) is 0 Å². The Kier molecular flexibility index (Phi) is 5.98. The van der Waals surface area contributed by atoms with Crippen LogP contribution < -0.4 is 0 Å². The number of likely N-dealkylation sites (tertiary alicyclic amines) is 1. The minimum atomic E-state index is -0.229. The van der Waals surface area contributed by atoms with Crippen LogP contribution in [0.25, 0.3) is 0 Å². The fourth-order valence-corrected chi connectivity index (χ4v) is 4.74. The highest BCUT2D eigenvalue weighted by molar-refractivity contribution is 9.10. The topological polar surface area (TPSA) is 23.5 Å². The van der Waals surface area contributed by atoms with E-state index in [4.69, 9.17) is 0 Å². The lowest BCUT2D eigenvalue weighted by molar-refractivity contribution is 0.0542. The van der Waals surface area contributed by atoms with Crippen molar-refractivity contribution in [2.75, 3.05) is 20.2 Å². The third kappa shape index (κ3) is 3.69. The minimum absolute atomic E-state index is 0.154. The Morgan fingerprint density at radius 2 is 1.72 bits per heavy atom. The molecule has 0 bridgehead atoms. The summed E-state index contributed by atoms with van der Waals surface area (Å²) in [4.78, 5) is 2.45. The first-order chi connectivity index (χ1) is 12.1. The molecule has 1 heterocycles. The lowest BCUT2D eigenvalue weighted by Crippen LogP contribution is -2.51. The first kappa shape index (κ1) is 18.6. The van der Waals surface area contributed by atoms with Crippen LogP contribution in [-0.4, -0.2) is 36.2 Å². The van der Waals surface area contributed by atoms with Crippen LogP contribution in [0.1, 0.15) is 37.3 Å². The second-order valence-electron chi connectivity index (χ2n) is 7.41. The zero-order valence-electron chi connectivity index (χ0n) is 15.2. The minimum Gasteiger partial charge on any atom is -0.396 e. The highest BCUT2D eigenvalue weighted by Gasteiger charge is 2.43. The summed E-state index contributed by atoms with van der Waals surface area (Å²) in [6, 6.07) is 19.7. The van der Waals surface area contributed by atoms with Crippen molar-refractivity contribution in [1.29, 1.82) is 0 Å². The summed E-state index contributed by atoms with van der Waals surface area (Å²) < 4.78 is 1.09. The van der Waals surface area contributed by atoms with Crippen LogP contribution in [-0.2, 0) is 5.41 Å². The van der Waals surface area contributed by atoms with Gasteiger partial charge in [0.05, 0.1) is 0 Å². The molecule has 3 rings (SSSR count). The van der Waals surface area contributed by atoms with Gasteiger partial charge in [-0.2, -0.15) is 0 Å². The van der Waals surface area contributed by atoms with Gasteiger partial charge in [0.2, 0.25) is 0 Å². The SMILES string of the molecule is CN1CCCCC1C(CO)C(C)(c1ccccc1)c1ccc(Br)cc1. The third-order valence-corrected chi connectivity index (χ3v) is 6.58. The molecule has 0 amide bonds. The van der Waals surface area contributed by atoms with Gasteiger partial charge in [-0.25, -0.2) is 0 Å². The summed E-state index contributed by atoms with van der Waals surface area (Å²) in [6.45, 7) is 3.61. The van der Waals surface area contributed by atoms with Gasteiger partial charge in [-0.1, -0.05) is 71.7 Å². The van der Waals surface area contributed by atoms with Crippen molar-refractivity contribution in [2.24, 2.45) is 5.92 Å². The molecule has 2 nitrogen and oxygen atoms in total. The van der Waals surface area contributed by atoms with Gasteiger partial charge in [-0.15, -0.1) is 0 Å². The predicted octanol–water partition coefficient (Wildman–Crippen LogP) is 4.85. The van der Waals surface area contributed by atoms with E-state index >= 15 is 0 Å². The lowest BCUT2D eigenvalue weighted by Gasteiger charge is -2.47. The fourth-order valence-electron chi connectivity index (χ4n) is 4.47. The molecule has 0 radical (unpaired) electrons. The Hall–Kier alpha value is -1.16. The first-order valence-electron chi connectivity index (χ1n) is 9.20. The Labute approximate surface area is 160 Å². The number of nitrogens with zero attached hydrogens (tertiary/aromatic N) is 1. The first-order valence-corrected chi connectivity index (χ1v) is 9.99. The average Bonchev–Trinajstić information content (AvgIpc) is 2.65. The molecule has 3 unspecified atom stereocenters. The second-order valence-corrected chi connectivity index (χ2v) is 8.32. The zero-order chi connectivity index (χ0) is 17.9. The van der Waals surface area contributed by atoms with Gasteiger partial charge in [-0.3, -0.25) is 0 Å². The summed E-state index contributed by atoms with van der Waals surface area (Å²) in [7, 11) is 2.21. The van der Waals surface area contributed by atoms with E-state index in [1.165, 1.54) is 24.0 Å². The molecule has 0 saturated carbocycles. The number of hydrogen-bond donors (Lipinski definition) is 1. The molecular weight excluding hydrogens is 374 g/mol. The molecule has 2 aromatic rings. The molecule has 1 saturated heterocycles. The van der Waals surface area contributed by atoms with Crippen LogP contribution in [0.3, 0.4) is 0 Å². The van der Waals surface area contributed by atoms with Crippen LogP contribution in [0.4, 0.5) is 0 Å². The van der Waals surface area contributed by atoms with Crippen LogP contribution in [0.15, 0.2) is 59.1 Å². The van der Waals surface area contributed by atoms with Crippen LogP contribution in [0, 0.1) is 5.92 Å². The number of rotatable bonds is 5. The van der Waals surface area contributed by atoms with Crippen LogP contribution >= 0.6 is 15.9 Å². The van der Waals surface area contributed by atoms with Gasteiger partial charge in [0.1, 0.15) is 0 Å². The Morgan fingerprint density at radius 3 is 2.32 bits per heavy atom. The van der Waals surface area contributed by atoms with E-state index < -0.39 is 0 Å². The Morgan fingerprint density at radius 1 is 1.08 bits per heavy atom. The molecule has 3 atom stereocenters. The van der Waals surface area contributed by atoms with Crippen molar-refractivity contribution in [3.8, 4) is 0 Å². The standard InChI is InChI=1S/C22H28BrNO/c1-22(17-8-4-3-5-9-17,18-11-13-19(23)14-12-18)20(16-25)21-10-6-7-15-24(21)2/h3-5,8-9,11-14,20-21,25H,6-7,10,15-16H2,1-2H3. The molecule has 134 valence electrons. The largest absolute Gasteiger partial charge is 0.396 e. The normalized spacial score (nSPS) is 22.3. The van der Waals surface area contributed by atoms with E-state index in [0.29, 0.717) is 6.04 Å². The molecular formula is C22H28BrNO. The number of halogens is 1. The van der Waals surface area contributed by atoms with Gasteiger partial charge < -0.3 is 10.0 Å². The Balaban J connectivity index is 2.10. The Bertz CT molecular complexity index is 672. The van der Waals surface area contributed by atoms with Gasteiger partial charge >= 0.3 is 0 Å². The monoisotopic (exact) mass is 401 g/mol. The average molecular weight is 402 g/mol. The van der Waals surface area contributed by atoms with Crippen LogP contribution in [0.2, 0.25) is 0 Å². The molecule has 1 aliphatic heterocycles. The summed E-state index contributed by atoms with van der Waals surface area (Å²) >= 11 is 3.55. The lowest BCUT2D eigenvalue weighted by atomic mass is 9.63. The highest BCUT2D eigenvalue weighted by Crippen LogP contribution is 2.43. The summed E-state index contributed by atoms with van der Waals surface area (Å²) in [5.41, 5.74) is 2.31. The molecule has 1 fully saturated rings. The second kappa shape index (κ2) is 8.03. The number of piperidine rings is 1. The maximum absolute atomic E-state index is 10.5. The van der Waals surface area contributed by atoms with Gasteiger partial charge in [-0.05, 0) is 49.7 Å². The molecule has 0 spiro atoms. The van der Waals surface area contributed by atoms with E-state index in [2.05, 4.69) is 89.4 Å². The van der Waals surface area contributed by atoms with E-state index in [9.17, 15) is 5.11 Å². The van der Waals surface area contributed by atoms with Crippen molar-refractivity contribution >= 4 is 15.9 Å². The van der Waals surface area contributed by atoms with Crippen molar-refractivity contribution < 1.29 is 5.11 Å². The molecule has 25 heavy (non-hydrogen) atoms. The van der Waals surface area contributed by atoms with E-state index in [0.717, 1.165) is 17.4 Å². The summed E-state index contributed by atoms with van der Waals surface area (Å²) in [5, 5.41) is 10.5. The van der Waals surface area contributed by atoms with Crippen molar-refractivity contribution in [1.82, 2.24) is 4.90 Å². The number of aliphatic hydroxyl groups is 1. The molecule has 0 aliphatic carbocycles. The number of hydrogen-bond acceptors (Lipinski definition) is 2.